The van der Waals surface area contributed by atoms with E-state index in [1.54, 1.807) is 24.1 Å². The van der Waals surface area contributed by atoms with E-state index in [-0.39, 0.29) is 22.1 Å². The molecule has 26 heavy (non-hydrogen) atoms. The summed E-state index contributed by atoms with van der Waals surface area (Å²) >= 11 is 9.39. The zero-order chi connectivity index (χ0) is 19.7. The highest BCUT2D eigenvalue weighted by atomic mass is 79.9. The van der Waals surface area contributed by atoms with Gasteiger partial charge in [-0.15, -0.1) is 0 Å². The summed E-state index contributed by atoms with van der Waals surface area (Å²) in [6, 6.07) is 4.51. The molecule has 1 aromatic carbocycles. The summed E-state index contributed by atoms with van der Waals surface area (Å²) in [6.07, 6.45) is 0.726. The van der Waals surface area contributed by atoms with Crippen LogP contribution in [0.2, 0.25) is 5.02 Å². The number of amides is 1. The molecule has 0 aromatic heterocycles. The molecule has 2 rings (SSSR count). The monoisotopic (exact) mass is 466 g/mol. The van der Waals surface area contributed by atoms with Crippen LogP contribution >= 0.6 is 27.5 Å². The topological polar surface area (TPSA) is 66.9 Å². The van der Waals surface area contributed by atoms with Crippen molar-refractivity contribution in [2.75, 3.05) is 20.1 Å². The number of ether oxygens (including phenoxy) is 1. The van der Waals surface area contributed by atoms with E-state index in [0.29, 0.717) is 25.9 Å². The molecular formula is C17H24BrClN2O4S. The number of rotatable bonds is 3. The molecule has 1 heterocycles. The molecule has 0 atom stereocenters. The number of carbonyl (C=O) groups is 1. The van der Waals surface area contributed by atoms with Crippen LogP contribution in [0.5, 0.6) is 0 Å². The minimum atomic E-state index is -3.71. The van der Waals surface area contributed by atoms with Crippen LogP contribution in [0.25, 0.3) is 0 Å². The SMILES string of the molecule is CN(C1CCN(C(=O)OC(C)(C)C)CC1)S(=O)(=O)c1ccc(Br)cc1Cl. The Morgan fingerprint density at radius 2 is 1.88 bits per heavy atom. The molecule has 0 N–H and O–H groups in total. The molecule has 0 aliphatic carbocycles. The standard InChI is InChI=1S/C17H24BrClN2O4S/c1-17(2,3)25-16(22)21-9-7-13(8-10-21)20(4)26(23,24)15-6-5-12(18)11-14(15)19/h5-6,11,13H,7-10H2,1-4H3. The maximum Gasteiger partial charge on any atom is 0.410 e. The first-order valence-corrected chi connectivity index (χ1v) is 10.9. The number of sulfonamides is 1. The Labute approximate surface area is 168 Å². The quantitative estimate of drug-likeness (QED) is 0.670. The minimum Gasteiger partial charge on any atom is -0.444 e. The maximum atomic E-state index is 12.9. The second kappa shape index (κ2) is 8.04. The van der Waals surface area contributed by atoms with Gasteiger partial charge in [-0.3, -0.25) is 0 Å². The van der Waals surface area contributed by atoms with Crippen LogP contribution in [0.15, 0.2) is 27.6 Å². The third-order valence-corrected chi connectivity index (χ3v) is 7.07. The number of hydrogen-bond acceptors (Lipinski definition) is 4. The van der Waals surface area contributed by atoms with E-state index in [0.717, 1.165) is 4.47 Å². The van der Waals surface area contributed by atoms with Crippen molar-refractivity contribution in [1.29, 1.82) is 0 Å². The van der Waals surface area contributed by atoms with Crippen molar-refractivity contribution in [3.63, 3.8) is 0 Å². The van der Waals surface area contributed by atoms with Gasteiger partial charge in [0.1, 0.15) is 10.5 Å². The molecule has 0 spiro atoms. The summed E-state index contributed by atoms with van der Waals surface area (Å²) in [5.41, 5.74) is -0.549. The van der Waals surface area contributed by atoms with Crippen LogP contribution in [0.1, 0.15) is 33.6 Å². The van der Waals surface area contributed by atoms with E-state index in [2.05, 4.69) is 15.9 Å². The van der Waals surface area contributed by atoms with Crippen molar-refractivity contribution < 1.29 is 17.9 Å². The molecule has 1 amide bonds. The first-order chi connectivity index (χ1) is 11.9. The highest BCUT2D eigenvalue weighted by molar-refractivity contribution is 9.10. The first-order valence-electron chi connectivity index (χ1n) is 8.33. The van der Waals surface area contributed by atoms with Crippen LogP contribution < -0.4 is 0 Å². The molecule has 9 heteroatoms. The molecule has 1 aliphatic rings. The summed E-state index contributed by atoms with van der Waals surface area (Å²) in [5, 5.41) is 0.178. The van der Waals surface area contributed by atoms with Crippen molar-refractivity contribution in [1.82, 2.24) is 9.21 Å². The maximum absolute atomic E-state index is 12.9. The lowest BCUT2D eigenvalue weighted by Gasteiger charge is -2.36. The Balaban J connectivity index is 2.05. The predicted octanol–water partition coefficient (Wildman–Crippen LogP) is 4.12. The summed E-state index contributed by atoms with van der Waals surface area (Å²) < 4.78 is 33.2. The lowest BCUT2D eigenvalue weighted by molar-refractivity contribution is 0.0183. The fraction of sp³-hybridized carbons (Fsp3) is 0.588. The Morgan fingerprint density at radius 3 is 2.38 bits per heavy atom. The molecule has 0 saturated carbocycles. The zero-order valence-electron chi connectivity index (χ0n) is 15.3. The highest BCUT2D eigenvalue weighted by Crippen LogP contribution is 2.30. The van der Waals surface area contributed by atoms with Crippen molar-refractivity contribution >= 4 is 43.6 Å². The van der Waals surface area contributed by atoms with Crippen molar-refractivity contribution in [2.24, 2.45) is 0 Å². The van der Waals surface area contributed by atoms with Gasteiger partial charge < -0.3 is 9.64 Å². The fourth-order valence-electron chi connectivity index (χ4n) is 2.77. The van der Waals surface area contributed by atoms with E-state index in [4.69, 9.17) is 16.3 Å². The lowest BCUT2D eigenvalue weighted by atomic mass is 10.1. The van der Waals surface area contributed by atoms with Gasteiger partial charge in [0.25, 0.3) is 0 Å². The fourth-order valence-corrected chi connectivity index (χ4v) is 5.20. The van der Waals surface area contributed by atoms with Crippen LogP contribution in [0.3, 0.4) is 0 Å². The molecule has 1 saturated heterocycles. The Hall–Kier alpha value is -0.830. The Morgan fingerprint density at radius 1 is 1.31 bits per heavy atom. The lowest BCUT2D eigenvalue weighted by Crippen LogP contribution is -2.48. The van der Waals surface area contributed by atoms with Crippen molar-refractivity contribution in [2.45, 2.75) is 50.2 Å². The van der Waals surface area contributed by atoms with Gasteiger partial charge in [-0.2, -0.15) is 4.31 Å². The average molecular weight is 468 g/mol. The summed E-state index contributed by atoms with van der Waals surface area (Å²) in [6.45, 7) is 6.36. The number of likely N-dealkylation sites (tertiary alicyclic amines) is 1. The molecule has 6 nitrogen and oxygen atoms in total. The zero-order valence-corrected chi connectivity index (χ0v) is 18.5. The molecule has 146 valence electrons. The molecular weight excluding hydrogens is 444 g/mol. The second-order valence-corrected chi connectivity index (χ2v) is 10.6. The van der Waals surface area contributed by atoms with E-state index in [1.165, 1.54) is 10.4 Å². The largest absolute Gasteiger partial charge is 0.444 e. The van der Waals surface area contributed by atoms with Crippen molar-refractivity contribution in [3.8, 4) is 0 Å². The number of halogens is 2. The highest BCUT2D eigenvalue weighted by Gasteiger charge is 2.34. The predicted molar refractivity (Wildman–Crippen MR) is 105 cm³/mol. The van der Waals surface area contributed by atoms with E-state index in [1.807, 2.05) is 20.8 Å². The van der Waals surface area contributed by atoms with Gasteiger partial charge in [0.2, 0.25) is 10.0 Å². The van der Waals surface area contributed by atoms with Gasteiger partial charge in [0.15, 0.2) is 0 Å². The van der Waals surface area contributed by atoms with Gasteiger partial charge >= 0.3 is 6.09 Å². The van der Waals surface area contributed by atoms with Crippen LogP contribution in [-0.2, 0) is 14.8 Å². The van der Waals surface area contributed by atoms with E-state index < -0.39 is 15.6 Å². The third kappa shape index (κ3) is 5.12. The molecule has 0 radical (unpaired) electrons. The van der Waals surface area contributed by atoms with Crippen LogP contribution in [-0.4, -0.2) is 55.5 Å². The second-order valence-electron chi connectivity index (χ2n) is 7.29. The summed E-state index contributed by atoms with van der Waals surface area (Å²) in [4.78, 5) is 13.8. The minimum absolute atomic E-state index is 0.0828. The number of hydrogen-bond donors (Lipinski definition) is 0. The summed E-state index contributed by atoms with van der Waals surface area (Å²) in [5.74, 6) is 0. The van der Waals surface area contributed by atoms with Crippen molar-refractivity contribution in [3.05, 3.63) is 27.7 Å². The summed E-state index contributed by atoms with van der Waals surface area (Å²) in [7, 11) is -2.15. The molecule has 0 bridgehead atoms. The number of piperidine rings is 1. The smallest absolute Gasteiger partial charge is 0.410 e. The number of benzene rings is 1. The van der Waals surface area contributed by atoms with Gasteiger partial charge in [-0.25, -0.2) is 13.2 Å². The van der Waals surface area contributed by atoms with Crippen LogP contribution in [0.4, 0.5) is 4.79 Å². The van der Waals surface area contributed by atoms with Gasteiger partial charge in [-0.05, 0) is 51.8 Å². The molecule has 1 aliphatic heterocycles. The molecule has 1 fully saturated rings. The number of nitrogens with zero attached hydrogens (tertiary/aromatic N) is 2. The van der Waals surface area contributed by atoms with E-state index >= 15 is 0 Å². The normalized spacial score (nSPS) is 16.8. The van der Waals surface area contributed by atoms with Gasteiger partial charge in [0, 0.05) is 30.7 Å². The molecule has 0 unspecified atom stereocenters. The Bertz CT molecular complexity index is 771. The van der Waals surface area contributed by atoms with Crippen LogP contribution in [0, 0.1) is 0 Å². The van der Waals surface area contributed by atoms with E-state index in [9.17, 15) is 13.2 Å². The third-order valence-electron chi connectivity index (χ3n) is 4.18. The molecule has 1 aromatic rings. The Kier molecular flexibility index (Phi) is 6.64. The van der Waals surface area contributed by atoms with Gasteiger partial charge in [0.05, 0.1) is 5.02 Å². The number of carbonyl (C=O) groups excluding carboxylic acids is 1. The van der Waals surface area contributed by atoms with Gasteiger partial charge in [-0.1, -0.05) is 27.5 Å². The average Bonchev–Trinajstić information content (AvgIpc) is 2.52. The first kappa shape index (κ1) is 21.5.